The van der Waals surface area contributed by atoms with Gasteiger partial charge in [0, 0.05) is 55.6 Å². The SMILES string of the molecule is C[C@@H]1CN(C(=O)CCn2c(-c3ccncc3)cc3cccnc32)C[C@H](C)O1. The number of nitrogens with zero attached hydrogens (tertiary/aromatic N) is 4. The number of amides is 1. The number of hydrogen-bond acceptors (Lipinski definition) is 4. The zero-order chi connectivity index (χ0) is 18.8. The lowest BCUT2D eigenvalue weighted by molar-refractivity contribution is -0.143. The summed E-state index contributed by atoms with van der Waals surface area (Å²) in [6.07, 6.45) is 5.97. The molecule has 1 aliphatic heterocycles. The second-order valence-corrected chi connectivity index (χ2v) is 7.14. The lowest BCUT2D eigenvalue weighted by atomic mass is 10.2. The van der Waals surface area contributed by atoms with Gasteiger partial charge in [0.15, 0.2) is 0 Å². The lowest BCUT2D eigenvalue weighted by Gasteiger charge is -2.35. The highest BCUT2D eigenvalue weighted by Gasteiger charge is 2.25. The maximum atomic E-state index is 12.8. The molecule has 1 fully saturated rings. The molecule has 140 valence electrons. The molecule has 0 aromatic carbocycles. The first kappa shape index (κ1) is 17.7. The second kappa shape index (κ2) is 7.48. The highest BCUT2D eigenvalue weighted by Crippen LogP contribution is 2.27. The molecule has 0 radical (unpaired) electrons. The zero-order valence-electron chi connectivity index (χ0n) is 15.7. The highest BCUT2D eigenvalue weighted by molar-refractivity contribution is 5.84. The first-order chi connectivity index (χ1) is 13.1. The molecule has 1 amide bonds. The van der Waals surface area contributed by atoms with Gasteiger partial charge in [0.25, 0.3) is 0 Å². The summed E-state index contributed by atoms with van der Waals surface area (Å²) in [5, 5.41) is 1.07. The summed E-state index contributed by atoms with van der Waals surface area (Å²) < 4.78 is 7.87. The average molecular weight is 364 g/mol. The summed E-state index contributed by atoms with van der Waals surface area (Å²) in [5.74, 6) is 0.162. The Morgan fingerprint density at radius 1 is 1.15 bits per heavy atom. The fourth-order valence-corrected chi connectivity index (χ4v) is 3.82. The van der Waals surface area contributed by atoms with E-state index in [1.54, 1.807) is 18.6 Å². The summed E-state index contributed by atoms with van der Waals surface area (Å²) in [5.41, 5.74) is 3.03. The maximum Gasteiger partial charge on any atom is 0.224 e. The Kier molecular flexibility index (Phi) is 4.90. The van der Waals surface area contributed by atoms with Crippen LogP contribution in [0.25, 0.3) is 22.3 Å². The first-order valence-electron chi connectivity index (χ1n) is 9.39. The summed E-state index contributed by atoms with van der Waals surface area (Å²) in [6.45, 7) is 5.94. The molecular weight excluding hydrogens is 340 g/mol. The van der Waals surface area contributed by atoms with Crippen molar-refractivity contribution in [1.29, 1.82) is 0 Å². The summed E-state index contributed by atoms with van der Waals surface area (Å²) in [4.78, 5) is 23.4. The van der Waals surface area contributed by atoms with Gasteiger partial charge >= 0.3 is 0 Å². The van der Waals surface area contributed by atoms with Crippen LogP contribution >= 0.6 is 0 Å². The Morgan fingerprint density at radius 3 is 2.63 bits per heavy atom. The molecule has 3 aromatic heterocycles. The van der Waals surface area contributed by atoms with Crippen LogP contribution in [0.5, 0.6) is 0 Å². The number of aromatic nitrogens is 3. The molecule has 0 aliphatic carbocycles. The van der Waals surface area contributed by atoms with Crippen molar-refractivity contribution in [1.82, 2.24) is 19.4 Å². The number of ether oxygens (including phenoxy) is 1. The summed E-state index contributed by atoms with van der Waals surface area (Å²) in [6, 6.07) is 10.1. The third kappa shape index (κ3) is 3.71. The van der Waals surface area contributed by atoms with Crippen molar-refractivity contribution in [3.8, 4) is 11.3 Å². The highest BCUT2D eigenvalue weighted by atomic mass is 16.5. The number of carbonyl (C=O) groups excluding carboxylic acids is 1. The molecule has 1 saturated heterocycles. The molecule has 0 unspecified atom stereocenters. The standard InChI is InChI=1S/C21H24N4O2/c1-15-13-24(14-16(2)27-15)20(26)7-11-25-19(17-5-9-22-10-6-17)12-18-4-3-8-23-21(18)25/h3-6,8-10,12,15-16H,7,11,13-14H2,1-2H3/t15-,16+. The number of pyridine rings is 2. The molecule has 3 aromatic rings. The summed E-state index contributed by atoms with van der Waals surface area (Å²) >= 11 is 0. The minimum atomic E-state index is 0.0826. The van der Waals surface area contributed by atoms with Crippen LogP contribution in [0.15, 0.2) is 48.9 Å². The van der Waals surface area contributed by atoms with Crippen LogP contribution in [0.3, 0.4) is 0 Å². The Hall–Kier alpha value is -2.73. The molecule has 0 saturated carbocycles. The molecule has 2 atom stereocenters. The van der Waals surface area contributed by atoms with E-state index >= 15 is 0 Å². The van der Waals surface area contributed by atoms with E-state index in [0.717, 1.165) is 22.3 Å². The van der Waals surface area contributed by atoms with Crippen molar-refractivity contribution in [3.63, 3.8) is 0 Å². The third-order valence-electron chi connectivity index (χ3n) is 4.95. The molecule has 1 aliphatic rings. The van der Waals surface area contributed by atoms with Gasteiger partial charge in [-0.1, -0.05) is 0 Å². The van der Waals surface area contributed by atoms with Gasteiger partial charge in [-0.2, -0.15) is 0 Å². The molecule has 0 spiro atoms. The second-order valence-electron chi connectivity index (χ2n) is 7.14. The van der Waals surface area contributed by atoms with Gasteiger partial charge in [-0.05, 0) is 44.2 Å². The van der Waals surface area contributed by atoms with E-state index in [4.69, 9.17) is 4.74 Å². The molecular formula is C21H24N4O2. The van der Waals surface area contributed by atoms with Crippen LogP contribution in [0.4, 0.5) is 0 Å². The van der Waals surface area contributed by atoms with Crippen molar-refractivity contribution < 1.29 is 9.53 Å². The molecule has 4 rings (SSSR count). The van der Waals surface area contributed by atoms with E-state index in [0.29, 0.717) is 26.1 Å². The minimum absolute atomic E-state index is 0.0826. The van der Waals surface area contributed by atoms with Crippen LogP contribution < -0.4 is 0 Å². The third-order valence-corrected chi connectivity index (χ3v) is 4.95. The van der Waals surface area contributed by atoms with E-state index in [9.17, 15) is 4.79 Å². The Morgan fingerprint density at radius 2 is 1.89 bits per heavy atom. The van der Waals surface area contributed by atoms with Gasteiger partial charge in [0.2, 0.25) is 5.91 Å². The largest absolute Gasteiger partial charge is 0.372 e. The normalized spacial score (nSPS) is 20.1. The fourth-order valence-electron chi connectivity index (χ4n) is 3.82. The smallest absolute Gasteiger partial charge is 0.224 e. The van der Waals surface area contributed by atoms with E-state index in [1.807, 2.05) is 36.9 Å². The molecule has 4 heterocycles. The van der Waals surface area contributed by atoms with Gasteiger partial charge in [-0.15, -0.1) is 0 Å². The van der Waals surface area contributed by atoms with Crippen LogP contribution in [0, 0.1) is 0 Å². The quantitative estimate of drug-likeness (QED) is 0.714. The van der Waals surface area contributed by atoms with Crippen LogP contribution in [-0.2, 0) is 16.1 Å². The minimum Gasteiger partial charge on any atom is -0.372 e. The monoisotopic (exact) mass is 364 g/mol. The Bertz CT molecular complexity index is 928. The number of rotatable bonds is 4. The molecule has 0 N–H and O–H groups in total. The molecule has 27 heavy (non-hydrogen) atoms. The van der Waals surface area contributed by atoms with Gasteiger partial charge in [-0.3, -0.25) is 9.78 Å². The Balaban J connectivity index is 1.59. The average Bonchev–Trinajstić information content (AvgIpc) is 3.04. The van der Waals surface area contributed by atoms with E-state index < -0.39 is 0 Å². The topological polar surface area (TPSA) is 60.2 Å². The number of carbonyl (C=O) groups is 1. The van der Waals surface area contributed by atoms with Crippen LogP contribution in [0.1, 0.15) is 20.3 Å². The van der Waals surface area contributed by atoms with Crippen molar-refractivity contribution >= 4 is 16.9 Å². The van der Waals surface area contributed by atoms with E-state index in [-0.39, 0.29) is 18.1 Å². The van der Waals surface area contributed by atoms with Crippen molar-refractivity contribution in [3.05, 3.63) is 48.9 Å². The predicted octanol–water partition coefficient (Wildman–Crippen LogP) is 3.12. The Labute approximate surface area is 158 Å². The van der Waals surface area contributed by atoms with Crippen LogP contribution in [0.2, 0.25) is 0 Å². The number of hydrogen-bond donors (Lipinski definition) is 0. The molecule has 6 heteroatoms. The first-order valence-corrected chi connectivity index (χ1v) is 9.39. The van der Waals surface area contributed by atoms with Gasteiger partial charge in [0.05, 0.1) is 17.9 Å². The number of morpholine rings is 1. The molecule has 6 nitrogen and oxygen atoms in total. The maximum absolute atomic E-state index is 12.8. The fraction of sp³-hybridized carbons (Fsp3) is 0.381. The van der Waals surface area contributed by atoms with Gasteiger partial charge in [-0.25, -0.2) is 4.98 Å². The predicted molar refractivity (Wildman–Crippen MR) is 104 cm³/mol. The number of fused-ring (bicyclic) bond motifs is 1. The van der Waals surface area contributed by atoms with Crippen LogP contribution in [-0.4, -0.2) is 50.6 Å². The van der Waals surface area contributed by atoms with E-state index in [2.05, 4.69) is 26.7 Å². The summed E-state index contributed by atoms with van der Waals surface area (Å²) in [7, 11) is 0. The van der Waals surface area contributed by atoms with Crippen molar-refractivity contribution in [2.75, 3.05) is 13.1 Å². The van der Waals surface area contributed by atoms with Crippen molar-refractivity contribution in [2.45, 2.75) is 39.0 Å². The number of aryl methyl sites for hydroxylation is 1. The zero-order valence-corrected chi connectivity index (χ0v) is 15.7. The van der Waals surface area contributed by atoms with Gasteiger partial charge in [0.1, 0.15) is 5.65 Å². The lowest BCUT2D eigenvalue weighted by Crippen LogP contribution is -2.48. The van der Waals surface area contributed by atoms with Crippen molar-refractivity contribution in [2.24, 2.45) is 0 Å². The van der Waals surface area contributed by atoms with Gasteiger partial charge < -0.3 is 14.2 Å². The van der Waals surface area contributed by atoms with E-state index in [1.165, 1.54) is 0 Å². The molecule has 0 bridgehead atoms.